The maximum atomic E-state index is 5.27. The fourth-order valence-electron chi connectivity index (χ4n) is 3.11. The molecule has 1 heterocycles. The van der Waals surface area contributed by atoms with Gasteiger partial charge < -0.3 is 4.74 Å². The molecule has 1 unspecified atom stereocenters. The summed E-state index contributed by atoms with van der Waals surface area (Å²) in [6, 6.07) is 11.3. The molecule has 112 valence electrons. The molecular formula is C18H21BrOS. The smallest absolute Gasteiger partial charge is 0.129 e. The van der Waals surface area contributed by atoms with E-state index in [0.717, 1.165) is 11.7 Å². The number of ether oxygens (including phenoxy) is 1. The molecule has 1 aromatic heterocycles. The van der Waals surface area contributed by atoms with Gasteiger partial charge in [0.1, 0.15) is 5.75 Å². The lowest BCUT2D eigenvalue weighted by Crippen LogP contribution is -2.04. The van der Waals surface area contributed by atoms with Crippen LogP contribution in [0, 0.1) is 0 Å². The summed E-state index contributed by atoms with van der Waals surface area (Å²) in [5, 5.41) is 2.06. The van der Waals surface area contributed by atoms with Crippen molar-refractivity contribution in [1.82, 2.24) is 0 Å². The van der Waals surface area contributed by atoms with Gasteiger partial charge in [-0.3, -0.25) is 0 Å². The number of alkyl halides is 1. The van der Waals surface area contributed by atoms with Crippen LogP contribution in [0.25, 0.3) is 0 Å². The molecule has 0 N–H and O–H groups in total. The first-order chi connectivity index (χ1) is 10.3. The Bertz CT molecular complexity index is 569. The fourth-order valence-corrected chi connectivity index (χ4v) is 4.73. The van der Waals surface area contributed by atoms with E-state index in [-0.39, 0.29) is 4.83 Å². The van der Waals surface area contributed by atoms with Crippen molar-refractivity contribution in [2.75, 3.05) is 7.11 Å². The zero-order valence-electron chi connectivity index (χ0n) is 12.3. The van der Waals surface area contributed by atoms with Gasteiger partial charge in [-0.15, -0.1) is 11.3 Å². The largest absolute Gasteiger partial charge is 0.496 e. The molecule has 21 heavy (non-hydrogen) atoms. The molecule has 2 aromatic rings. The Labute approximate surface area is 139 Å². The summed E-state index contributed by atoms with van der Waals surface area (Å²) in [7, 11) is 1.72. The van der Waals surface area contributed by atoms with Crippen LogP contribution in [0.2, 0.25) is 0 Å². The highest BCUT2D eigenvalue weighted by Crippen LogP contribution is 2.38. The predicted molar refractivity (Wildman–Crippen MR) is 93.9 cm³/mol. The maximum absolute atomic E-state index is 5.27. The van der Waals surface area contributed by atoms with Crippen molar-refractivity contribution >= 4 is 27.3 Å². The van der Waals surface area contributed by atoms with E-state index >= 15 is 0 Å². The third kappa shape index (κ3) is 3.51. The number of hydrogen-bond acceptors (Lipinski definition) is 2. The van der Waals surface area contributed by atoms with Gasteiger partial charge in [-0.2, -0.15) is 0 Å². The molecule has 1 atom stereocenters. The summed E-state index contributed by atoms with van der Waals surface area (Å²) < 4.78 is 5.27. The first-order valence-corrected chi connectivity index (χ1v) is 9.44. The van der Waals surface area contributed by atoms with E-state index in [4.69, 9.17) is 4.74 Å². The number of hydrogen-bond donors (Lipinski definition) is 0. The molecule has 0 spiro atoms. The second-order valence-corrected chi connectivity index (χ2v) is 7.61. The Kier molecular flexibility index (Phi) is 5.02. The number of benzene rings is 1. The van der Waals surface area contributed by atoms with Gasteiger partial charge in [0.25, 0.3) is 0 Å². The molecular weight excluding hydrogens is 344 g/mol. The van der Waals surface area contributed by atoms with Crippen molar-refractivity contribution in [3.8, 4) is 5.75 Å². The fraction of sp³-hybridized carbons (Fsp3) is 0.444. The highest BCUT2D eigenvalue weighted by atomic mass is 79.9. The summed E-state index contributed by atoms with van der Waals surface area (Å²) in [4.78, 5) is 1.55. The molecule has 0 radical (unpaired) electrons. The molecule has 1 nitrogen and oxygen atoms in total. The minimum atomic E-state index is 0.256. The average molecular weight is 365 g/mol. The molecule has 0 bridgehead atoms. The van der Waals surface area contributed by atoms with Crippen LogP contribution in [0.4, 0.5) is 0 Å². The second kappa shape index (κ2) is 6.97. The van der Waals surface area contributed by atoms with Crippen LogP contribution in [-0.4, -0.2) is 7.11 Å². The van der Waals surface area contributed by atoms with Gasteiger partial charge in [0.2, 0.25) is 0 Å². The van der Waals surface area contributed by atoms with Crippen molar-refractivity contribution in [2.45, 2.75) is 42.8 Å². The molecule has 0 aliphatic heterocycles. The zero-order chi connectivity index (χ0) is 14.7. The molecule has 1 fully saturated rings. The Morgan fingerprint density at radius 2 is 1.86 bits per heavy atom. The Morgan fingerprint density at radius 1 is 1.14 bits per heavy atom. The van der Waals surface area contributed by atoms with E-state index < -0.39 is 0 Å². The van der Waals surface area contributed by atoms with Crippen molar-refractivity contribution in [2.24, 2.45) is 0 Å². The van der Waals surface area contributed by atoms with Crippen LogP contribution in [0.1, 0.15) is 58.9 Å². The highest BCUT2D eigenvalue weighted by molar-refractivity contribution is 9.09. The standard InChI is InChI=1S/C18H21BrOS/c1-20-16-11-17(21-12-16)18(19)15-9-7-14(8-10-15)13-5-3-2-4-6-13/h7-13,18H,2-6H2,1H3. The minimum absolute atomic E-state index is 0.256. The van der Waals surface area contributed by atoms with Gasteiger partial charge in [-0.25, -0.2) is 0 Å². The van der Waals surface area contributed by atoms with Crippen molar-refractivity contribution < 1.29 is 4.74 Å². The molecule has 3 rings (SSSR count). The molecule has 1 aliphatic rings. The number of methoxy groups -OCH3 is 1. The monoisotopic (exact) mass is 364 g/mol. The molecule has 1 aromatic carbocycles. The van der Waals surface area contributed by atoms with E-state index in [1.165, 1.54) is 48.1 Å². The van der Waals surface area contributed by atoms with Gasteiger partial charge >= 0.3 is 0 Å². The van der Waals surface area contributed by atoms with Crippen LogP contribution in [0.15, 0.2) is 35.7 Å². The van der Waals surface area contributed by atoms with Crippen molar-refractivity contribution in [3.05, 3.63) is 51.7 Å². The molecule has 0 amide bonds. The van der Waals surface area contributed by atoms with E-state index in [2.05, 4.69) is 51.6 Å². The third-order valence-corrected chi connectivity index (χ3v) is 6.69. The van der Waals surface area contributed by atoms with Crippen LogP contribution >= 0.6 is 27.3 Å². The maximum Gasteiger partial charge on any atom is 0.129 e. The summed E-state index contributed by atoms with van der Waals surface area (Å²) >= 11 is 5.55. The van der Waals surface area contributed by atoms with Gasteiger partial charge in [0.15, 0.2) is 0 Å². The van der Waals surface area contributed by atoms with Gasteiger partial charge in [-0.05, 0) is 36.0 Å². The lowest BCUT2D eigenvalue weighted by Gasteiger charge is -2.22. The first kappa shape index (κ1) is 15.1. The van der Waals surface area contributed by atoms with Crippen LogP contribution < -0.4 is 4.74 Å². The van der Waals surface area contributed by atoms with E-state index in [9.17, 15) is 0 Å². The predicted octanol–water partition coefficient (Wildman–Crippen LogP) is 6.29. The Balaban J connectivity index is 1.73. The lowest BCUT2D eigenvalue weighted by molar-refractivity contribution is 0.416. The molecule has 1 aliphatic carbocycles. The number of rotatable bonds is 4. The van der Waals surface area contributed by atoms with E-state index in [1.54, 1.807) is 18.4 Å². The lowest BCUT2D eigenvalue weighted by atomic mass is 9.84. The summed E-state index contributed by atoms with van der Waals surface area (Å²) in [5.41, 5.74) is 2.83. The molecule has 3 heteroatoms. The quantitative estimate of drug-likeness (QED) is 0.579. The van der Waals surface area contributed by atoms with Crippen LogP contribution in [-0.2, 0) is 0 Å². The second-order valence-electron chi connectivity index (χ2n) is 5.75. The van der Waals surface area contributed by atoms with Crippen LogP contribution in [0.5, 0.6) is 5.75 Å². The van der Waals surface area contributed by atoms with E-state index in [0.29, 0.717) is 0 Å². The number of halogens is 1. The topological polar surface area (TPSA) is 9.23 Å². The van der Waals surface area contributed by atoms with E-state index in [1.807, 2.05) is 0 Å². The summed E-state index contributed by atoms with van der Waals surface area (Å²) in [5.74, 6) is 1.72. The Hall–Kier alpha value is -0.800. The summed E-state index contributed by atoms with van der Waals surface area (Å²) in [6.45, 7) is 0. The first-order valence-electron chi connectivity index (χ1n) is 7.64. The SMILES string of the molecule is COc1csc(C(Br)c2ccc(C3CCCCC3)cc2)c1. The Morgan fingerprint density at radius 3 is 2.48 bits per heavy atom. The molecule has 0 saturated heterocycles. The third-order valence-electron chi connectivity index (χ3n) is 4.39. The van der Waals surface area contributed by atoms with Crippen molar-refractivity contribution in [3.63, 3.8) is 0 Å². The molecule has 1 saturated carbocycles. The summed E-state index contributed by atoms with van der Waals surface area (Å²) in [6.07, 6.45) is 6.92. The number of thiophene rings is 1. The normalized spacial score (nSPS) is 17.6. The van der Waals surface area contributed by atoms with Crippen molar-refractivity contribution in [1.29, 1.82) is 0 Å². The highest BCUT2D eigenvalue weighted by Gasteiger charge is 2.17. The average Bonchev–Trinajstić information content (AvgIpc) is 3.04. The van der Waals surface area contributed by atoms with Gasteiger partial charge in [0, 0.05) is 10.3 Å². The van der Waals surface area contributed by atoms with Gasteiger partial charge in [-0.1, -0.05) is 59.5 Å². The minimum Gasteiger partial charge on any atom is -0.496 e. The van der Waals surface area contributed by atoms with Gasteiger partial charge in [0.05, 0.1) is 11.9 Å². The zero-order valence-corrected chi connectivity index (χ0v) is 14.8. The van der Waals surface area contributed by atoms with Crippen LogP contribution in [0.3, 0.4) is 0 Å².